The van der Waals surface area contributed by atoms with Crippen LogP contribution in [-0.4, -0.2) is 23.6 Å². The average Bonchev–Trinajstić information content (AvgIpc) is 2.08. The van der Waals surface area contributed by atoms with Crippen molar-refractivity contribution in [3.05, 3.63) is 12.7 Å². The molecule has 0 saturated carbocycles. The molecule has 0 unspecified atom stereocenters. The zero-order valence-electron chi connectivity index (χ0n) is 10.1. The van der Waals surface area contributed by atoms with Crippen molar-refractivity contribution in [2.75, 3.05) is 0 Å². The SMILES string of the molecule is C=CCC[C@H](NC(=O)OC(C)(C)C)C(N)=O. The van der Waals surface area contributed by atoms with Gasteiger partial charge in [-0.3, -0.25) is 4.79 Å². The van der Waals surface area contributed by atoms with Crippen LogP contribution in [0.2, 0.25) is 0 Å². The number of rotatable bonds is 5. The Morgan fingerprint density at radius 1 is 1.50 bits per heavy atom. The number of primary amides is 1. The van der Waals surface area contributed by atoms with Gasteiger partial charge in [-0.25, -0.2) is 4.79 Å². The lowest BCUT2D eigenvalue weighted by atomic mass is 10.1. The Morgan fingerprint density at radius 3 is 2.44 bits per heavy atom. The van der Waals surface area contributed by atoms with E-state index >= 15 is 0 Å². The summed E-state index contributed by atoms with van der Waals surface area (Å²) in [6.07, 6.45) is 2.05. The van der Waals surface area contributed by atoms with Gasteiger partial charge < -0.3 is 15.8 Å². The maximum atomic E-state index is 11.4. The molecule has 0 heterocycles. The molecule has 0 aliphatic rings. The third-order valence-electron chi connectivity index (χ3n) is 1.69. The van der Waals surface area contributed by atoms with Gasteiger partial charge in [-0.2, -0.15) is 0 Å². The second-order valence-electron chi connectivity index (χ2n) is 4.47. The van der Waals surface area contributed by atoms with Crippen molar-refractivity contribution in [3.63, 3.8) is 0 Å². The molecule has 0 spiro atoms. The van der Waals surface area contributed by atoms with E-state index in [1.54, 1.807) is 26.8 Å². The number of hydrogen-bond donors (Lipinski definition) is 2. The topological polar surface area (TPSA) is 81.4 Å². The van der Waals surface area contributed by atoms with Crippen LogP contribution < -0.4 is 11.1 Å². The molecular formula is C11H20N2O3. The molecule has 1 atom stereocenters. The third-order valence-corrected chi connectivity index (χ3v) is 1.69. The van der Waals surface area contributed by atoms with Crippen LogP contribution in [0.3, 0.4) is 0 Å². The number of nitrogens with one attached hydrogen (secondary N) is 1. The van der Waals surface area contributed by atoms with Gasteiger partial charge in [0.2, 0.25) is 5.91 Å². The van der Waals surface area contributed by atoms with Crippen LogP contribution >= 0.6 is 0 Å². The lowest BCUT2D eigenvalue weighted by molar-refractivity contribution is -0.120. The zero-order valence-corrected chi connectivity index (χ0v) is 10.1. The molecule has 0 aliphatic carbocycles. The van der Waals surface area contributed by atoms with Crippen molar-refractivity contribution in [3.8, 4) is 0 Å². The summed E-state index contributed by atoms with van der Waals surface area (Å²) in [5, 5.41) is 2.42. The molecule has 5 nitrogen and oxygen atoms in total. The minimum atomic E-state index is -0.715. The maximum Gasteiger partial charge on any atom is 0.408 e. The van der Waals surface area contributed by atoms with Crippen LogP contribution in [0.4, 0.5) is 4.79 Å². The van der Waals surface area contributed by atoms with Gasteiger partial charge in [0.25, 0.3) is 0 Å². The first-order chi connectivity index (χ1) is 7.26. The molecule has 0 aliphatic heterocycles. The fraction of sp³-hybridized carbons (Fsp3) is 0.636. The highest BCUT2D eigenvalue weighted by molar-refractivity contribution is 5.84. The number of carbonyl (C=O) groups excluding carboxylic acids is 2. The number of nitrogens with two attached hydrogens (primary N) is 1. The second kappa shape index (κ2) is 6.15. The Balaban J connectivity index is 4.23. The molecule has 0 aromatic rings. The average molecular weight is 228 g/mol. The summed E-state index contributed by atoms with van der Waals surface area (Å²) in [6, 6.07) is -0.715. The highest BCUT2D eigenvalue weighted by atomic mass is 16.6. The minimum Gasteiger partial charge on any atom is -0.444 e. The Kier molecular flexibility index (Phi) is 5.56. The number of amides is 2. The Bertz CT molecular complexity index is 269. The van der Waals surface area contributed by atoms with E-state index < -0.39 is 23.6 Å². The van der Waals surface area contributed by atoms with Crippen molar-refractivity contribution in [1.82, 2.24) is 5.32 Å². The van der Waals surface area contributed by atoms with E-state index in [9.17, 15) is 9.59 Å². The van der Waals surface area contributed by atoms with Crippen molar-refractivity contribution in [1.29, 1.82) is 0 Å². The predicted molar refractivity (Wildman–Crippen MR) is 61.8 cm³/mol. The molecule has 0 radical (unpaired) electrons. The molecule has 16 heavy (non-hydrogen) atoms. The van der Waals surface area contributed by atoms with Gasteiger partial charge in [0.05, 0.1) is 0 Å². The molecule has 0 saturated heterocycles. The fourth-order valence-electron chi connectivity index (χ4n) is 1.02. The summed E-state index contributed by atoms with van der Waals surface area (Å²) < 4.78 is 5.01. The highest BCUT2D eigenvalue weighted by Gasteiger charge is 2.21. The molecule has 0 rings (SSSR count). The van der Waals surface area contributed by atoms with Crippen LogP contribution in [0.25, 0.3) is 0 Å². The lowest BCUT2D eigenvalue weighted by Crippen LogP contribution is -2.46. The first-order valence-corrected chi connectivity index (χ1v) is 5.16. The third kappa shape index (κ3) is 6.86. The van der Waals surface area contributed by atoms with E-state index in [4.69, 9.17) is 10.5 Å². The minimum absolute atomic E-state index is 0.429. The van der Waals surface area contributed by atoms with E-state index in [1.165, 1.54) is 0 Å². The highest BCUT2D eigenvalue weighted by Crippen LogP contribution is 2.07. The molecule has 2 amide bonds. The molecule has 3 N–H and O–H groups in total. The Hall–Kier alpha value is -1.52. The van der Waals surface area contributed by atoms with Crippen LogP contribution in [0, 0.1) is 0 Å². The summed E-state index contributed by atoms with van der Waals surface area (Å²) in [7, 11) is 0. The van der Waals surface area contributed by atoms with Crippen molar-refractivity contribution in [2.45, 2.75) is 45.3 Å². The van der Waals surface area contributed by atoms with E-state index in [2.05, 4.69) is 11.9 Å². The fourth-order valence-corrected chi connectivity index (χ4v) is 1.02. The first-order valence-electron chi connectivity index (χ1n) is 5.16. The normalized spacial score (nSPS) is 12.7. The maximum absolute atomic E-state index is 11.4. The lowest BCUT2D eigenvalue weighted by Gasteiger charge is -2.22. The van der Waals surface area contributed by atoms with Crippen molar-refractivity contribution < 1.29 is 14.3 Å². The molecule has 92 valence electrons. The summed E-state index contributed by atoms with van der Waals surface area (Å²) in [5.41, 5.74) is 4.55. The van der Waals surface area contributed by atoms with E-state index in [-0.39, 0.29) is 0 Å². The smallest absolute Gasteiger partial charge is 0.408 e. The number of alkyl carbamates (subject to hydrolysis) is 1. The van der Waals surface area contributed by atoms with E-state index in [0.717, 1.165) is 0 Å². The zero-order chi connectivity index (χ0) is 12.8. The monoisotopic (exact) mass is 228 g/mol. The molecule has 0 fully saturated rings. The Labute approximate surface area is 96.0 Å². The van der Waals surface area contributed by atoms with E-state index in [0.29, 0.717) is 12.8 Å². The number of ether oxygens (including phenoxy) is 1. The second-order valence-corrected chi connectivity index (χ2v) is 4.47. The number of allylic oxidation sites excluding steroid dienone is 1. The van der Waals surface area contributed by atoms with Crippen LogP contribution in [0.15, 0.2) is 12.7 Å². The standard InChI is InChI=1S/C11H20N2O3/c1-5-6-7-8(9(12)14)13-10(15)16-11(2,3)4/h5,8H,1,6-7H2,2-4H3,(H2,12,14)(H,13,15)/t8-/m0/s1. The Morgan fingerprint density at radius 2 is 2.06 bits per heavy atom. The largest absolute Gasteiger partial charge is 0.444 e. The van der Waals surface area contributed by atoms with E-state index in [1.807, 2.05) is 0 Å². The summed E-state index contributed by atoms with van der Waals surface area (Å²) in [6.45, 7) is 8.77. The summed E-state index contributed by atoms with van der Waals surface area (Å²) in [4.78, 5) is 22.4. The van der Waals surface area contributed by atoms with Gasteiger partial charge in [-0.05, 0) is 33.6 Å². The van der Waals surface area contributed by atoms with Gasteiger partial charge in [-0.1, -0.05) is 6.08 Å². The van der Waals surface area contributed by atoms with Crippen LogP contribution in [-0.2, 0) is 9.53 Å². The molecule has 5 heteroatoms. The molecule has 0 bridgehead atoms. The summed E-state index contributed by atoms with van der Waals surface area (Å²) >= 11 is 0. The molecule has 0 aromatic carbocycles. The van der Waals surface area contributed by atoms with Crippen LogP contribution in [0.5, 0.6) is 0 Å². The van der Waals surface area contributed by atoms with Crippen LogP contribution in [0.1, 0.15) is 33.6 Å². The van der Waals surface area contributed by atoms with Crippen molar-refractivity contribution >= 4 is 12.0 Å². The van der Waals surface area contributed by atoms with Crippen molar-refractivity contribution in [2.24, 2.45) is 5.73 Å². The van der Waals surface area contributed by atoms with Gasteiger partial charge in [0.15, 0.2) is 0 Å². The summed E-state index contributed by atoms with van der Waals surface area (Å²) in [5.74, 6) is -0.576. The first kappa shape index (κ1) is 14.5. The van der Waals surface area contributed by atoms with Gasteiger partial charge in [0.1, 0.15) is 11.6 Å². The van der Waals surface area contributed by atoms with Gasteiger partial charge in [0, 0.05) is 0 Å². The van der Waals surface area contributed by atoms with Gasteiger partial charge in [-0.15, -0.1) is 6.58 Å². The predicted octanol–water partition coefficient (Wildman–Crippen LogP) is 1.33. The van der Waals surface area contributed by atoms with Gasteiger partial charge >= 0.3 is 6.09 Å². The number of carbonyl (C=O) groups is 2. The molecular weight excluding hydrogens is 208 g/mol. The molecule has 0 aromatic heterocycles. The number of hydrogen-bond acceptors (Lipinski definition) is 3. The quantitative estimate of drug-likeness (QED) is 0.696.